The Labute approximate surface area is 116 Å². The Morgan fingerprint density at radius 3 is 2.89 bits per heavy atom. The van der Waals surface area contributed by atoms with Crippen molar-refractivity contribution in [1.29, 1.82) is 0 Å². The molecule has 104 valence electrons. The summed E-state index contributed by atoms with van der Waals surface area (Å²) in [5.41, 5.74) is 9.19. The van der Waals surface area contributed by atoms with Crippen LogP contribution in [0.15, 0.2) is 18.2 Å². The molecule has 0 amide bonds. The van der Waals surface area contributed by atoms with Gasteiger partial charge in [0.2, 0.25) is 0 Å². The van der Waals surface area contributed by atoms with Gasteiger partial charge in [0, 0.05) is 12.5 Å². The van der Waals surface area contributed by atoms with Crippen molar-refractivity contribution in [3.05, 3.63) is 29.3 Å². The van der Waals surface area contributed by atoms with Crippen molar-refractivity contribution in [1.82, 2.24) is 0 Å². The van der Waals surface area contributed by atoms with Gasteiger partial charge in [0.15, 0.2) is 0 Å². The van der Waals surface area contributed by atoms with E-state index >= 15 is 0 Å². The zero-order valence-corrected chi connectivity index (χ0v) is 11.7. The van der Waals surface area contributed by atoms with Crippen molar-refractivity contribution in [3.63, 3.8) is 0 Å². The second-order valence-electron chi connectivity index (χ2n) is 6.14. The number of aryl methyl sites for hydroxylation is 1. The van der Waals surface area contributed by atoms with Gasteiger partial charge in [-0.15, -0.1) is 0 Å². The maximum Gasteiger partial charge on any atom is 0.122 e. The summed E-state index contributed by atoms with van der Waals surface area (Å²) >= 11 is 0. The Hall–Kier alpha value is -1.02. The zero-order chi connectivity index (χ0) is 13.1. The van der Waals surface area contributed by atoms with Gasteiger partial charge in [0.05, 0.1) is 6.61 Å². The first-order chi connectivity index (χ1) is 9.33. The first kappa shape index (κ1) is 13.0. The monoisotopic (exact) mass is 259 g/mol. The highest BCUT2D eigenvalue weighted by atomic mass is 16.5. The van der Waals surface area contributed by atoms with E-state index in [1.807, 2.05) is 0 Å². The van der Waals surface area contributed by atoms with Crippen LogP contribution in [0.1, 0.15) is 49.7 Å². The van der Waals surface area contributed by atoms with E-state index in [1.165, 1.54) is 43.2 Å². The second-order valence-corrected chi connectivity index (χ2v) is 6.14. The molecule has 1 aliphatic heterocycles. The van der Waals surface area contributed by atoms with Crippen LogP contribution in [0.25, 0.3) is 0 Å². The van der Waals surface area contributed by atoms with Gasteiger partial charge in [0.1, 0.15) is 5.75 Å². The normalized spacial score (nSPS) is 20.9. The average molecular weight is 259 g/mol. The van der Waals surface area contributed by atoms with Crippen LogP contribution >= 0.6 is 0 Å². The molecule has 1 aromatic rings. The summed E-state index contributed by atoms with van der Waals surface area (Å²) in [4.78, 5) is 0. The van der Waals surface area contributed by atoms with Gasteiger partial charge in [-0.2, -0.15) is 0 Å². The predicted octanol–water partition coefficient (Wildman–Crippen LogP) is 3.46. The van der Waals surface area contributed by atoms with Crippen LogP contribution < -0.4 is 10.5 Å². The Balaban J connectivity index is 1.53. The summed E-state index contributed by atoms with van der Waals surface area (Å²) in [5, 5.41) is 0. The van der Waals surface area contributed by atoms with Crippen LogP contribution in [0.5, 0.6) is 5.75 Å². The summed E-state index contributed by atoms with van der Waals surface area (Å²) in [5.74, 6) is 1.85. The van der Waals surface area contributed by atoms with E-state index < -0.39 is 0 Å². The largest absolute Gasteiger partial charge is 0.493 e. The molecule has 0 saturated heterocycles. The van der Waals surface area contributed by atoms with Gasteiger partial charge in [-0.3, -0.25) is 0 Å². The molecule has 1 heterocycles. The Bertz CT molecular complexity index is 423. The highest BCUT2D eigenvalue weighted by Crippen LogP contribution is 2.29. The highest BCUT2D eigenvalue weighted by Gasteiger charge is 2.20. The first-order valence-electron chi connectivity index (χ1n) is 7.83. The van der Waals surface area contributed by atoms with Crippen molar-refractivity contribution in [2.45, 2.75) is 57.4 Å². The third kappa shape index (κ3) is 3.11. The fourth-order valence-corrected chi connectivity index (χ4v) is 3.53. The molecule has 2 heteroatoms. The van der Waals surface area contributed by atoms with Crippen LogP contribution in [0, 0.1) is 5.92 Å². The first-order valence-corrected chi connectivity index (χ1v) is 7.83. The van der Waals surface area contributed by atoms with Crippen LogP contribution in [-0.2, 0) is 12.8 Å². The Morgan fingerprint density at radius 1 is 1.21 bits per heavy atom. The molecule has 0 aromatic heterocycles. The topological polar surface area (TPSA) is 35.2 Å². The molecule has 3 rings (SSSR count). The lowest BCUT2D eigenvalue weighted by Gasteiger charge is -2.27. The molecule has 1 unspecified atom stereocenters. The second kappa shape index (κ2) is 5.96. The van der Waals surface area contributed by atoms with Crippen molar-refractivity contribution in [2.75, 3.05) is 6.61 Å². The zero-order valence-electron chi connectivity index (χ0n) is 11.7. The molecule has 1 aliphatic carbocycles. The SMILES string of the molecule is NC(CCc1ccc2c(c1)CCO2)C1CCCCC1. The molecule has 1 fully saturated rings. The number of hydrogen-bond donors (Lipinski definition) is 1. The minimum Gasteiger partial charge on any atom is -0.493 e. The van der Waals surface area contributed by atoms with Crippen molar-refractivity contribution in [2.24, 2.45) is 11.7 Å². The minimum absolute atomic E-state index is 0.393. The number of rotatable bonds is 4. The Morgan fingerprint density at radius 2 is 2.05 bits per heavy atom. The molecular weight excluding hydrogens is 234 g/mol. The summed E-state index contributed by atoms with van der Waals surface area (Å²) in [6.07, 6.45) is 10.2. The van der Waals surface area contributed by atoms with E-state index in [0.29, 0.717) is 6.04 Å². The van der Waals surface area contributed by atoms with Gasteiger partial charge in [-0.25, -0.2) is 0 Å². The van der Waals surface area contributed by atoms with Gasteiger partial charge in [-0.05, 0) is 48.8 Å². The van der Waals surface area contributed by atoms with Gasteiger partial charge in [0.25, 0.3) is 0 Å². The van der Waals surface area contributed by atoms with E-state index in [9.17, 15) is 0 Å². The quantitative estimate of drug-likeness (QED) is 0.898. The van der Waals surface area contributed by atoms with E-state index in [2.05, 4.69) is 18.2 Å². The fourth-order valence-electron chi connectivity index (χ4n) is 3.53. The van der Waals surface area contributed by atoms with Gasteiger partial charge < -0.3 is 10.5 Å². The molecule has 2 nitrogen and oxygen atoms in total. The lowest BCUT2D eigenvalue weighted by atomic mass is 9.82. The lowest BCUT2D eigenvalue weighted by molar-refractivity contribution is 0.295. The number of hydrogen-bond acceptors (Lipinski definition) is 2. The maximum absolute atomic E-state index is 6.38. The van der Waals surface area contributed by atoms with Crippen molar-refractivity contribution >= 4 is 0 Å². The number of ether oxygens (including phenoxy) is 1. The molecule has 0 spiro atoms. The molecular formula is C17H25NO. The number of benzene rings is 1. The molecule has 1 saturated carbocycles. The van der Waals surface area contributed by atoms with Crippen molar-refractivity contribution < 1.29 is 4.74 Å². The molecule has 0 bridgehead atoms. The maximum atomic E-state index is 6.38. The smallest absolute Gasteiger partial charge is 0.122 e. The molecule has 0 radical (unpaired) electrons. The number of fused-ring (bicyclic) bond motifs is 1. The van der Waals surface area contributed by atoms with E-state index in [1.54, 1.807) is 0 Å². The van der Waals surface area contributed by atoms with E-state index in [4.69, 9.17) is 10.5 Å². The highest BCUT2D eigenvalue weighted by molar-refractivity contribution is 5.39. The minimum atomic E-state index is 0.393. The molecule has 19 heavy (non-hydrogen) atoms. The van der Waals surface area contributed by atoms with Crippen LogP contribution in [-0.4, -0.2) is 12.6 Å². The van der Waals surface area contributed by atoms with Crippen LogP contribution in [0.3, 0.4) is 0 Å². The van der Waals surface area contributed by atoms with Crippen LogP contribution in [0.2, 0.25) is 0 Å². The standard InChI is InChI=1S/C17H25NO/c18-16(14-4-2-1-3-5-14)8-6-13-7-9-17-15(12-13)10-11-19-17/h7,9,12,14,16H,1-6,8,10-11,18H2. The molecule has 2 N–H and O–H groups in total. The summed E-state index contributed by atoms with van der Waals surface area (Å²) in [6, 6.07) is 7.04. The van der Waals surface area contributed by atoms with Gasteiger partial charge >= 0.3 is 0 Å². The summed E-state index contributed by atoms with van der Waals surface area (Å²) in [6.45, 7) is 0.848. The molecule has 1 aromatic carbocycles. The van der Waals surface area contributed by atoms with Gasteiger partial charge in [-0.1, -0.05) is 31.4 Å². The molecule has 2 aliphatic rings. The average Bonchev–Trinajstić information content (AvgIpc) is 2.93. The van der Waals surface area contributed by atoms with E-state index in [-0.39, 0.29) is 0 Å². The lowest BCUT2D eigenvalue weighted by Crippen LogP contribution is -2.32. The third-order valence-electron chi connectivity index (χ3n) is 4.78. The third-order valence-corrected chi connectivity index (χ3v) is 4.78. The predicted molar refractivity (Wildman–Crippen MR) is 78.5 cm³/mol. The van der Waals surface area contributed by atoms with Crippen molar-refractivity contribution in [3.8, 4) is 5.75 Å². The fraction of sp³-hybridized carbons (Fsp3) is 0.647. The van der Waals surface area contributed by atoms with E-state index in [0.717, 1.165) is 37.5 Å². The number of nitrogens with two attached hydrogens (primary N) is 1. The summed E-state index contributed by atoms with van der Waals surface area (Å²) < 4.78 is 5.55. The Kier molecular flexibility index (Phi) is 4.07. The van der Waals surface area contributed by atoms with Crippen LogP contribution in [0.4, 0.5) is 0 Å². The molecule has 1 atom stereocenters. The summed E-state index contributed by atoms with van der Waals surface area (Å²) in [7, 11) is 0.